The average molecular weight is 459 g/mol. The second kappa shape index (κ2) is 11.3. The highest BCUT2D eigenvalue weighted by atomic mass is 16.5. The molecule has 0 aromatic heterocycles. The quantitative estimate of drug-likeness (QED) is 0.365. The molecule has 1 aliphatic rings. The molecule has 1 heterocycles. The molecule has 176 valence electrons. The van der Waals surface area contributed by atoms with Gasteiger partial charge in [-0.3, -0.25) is 4.79 Å². The average Bonchev–Trinajstić information content (AvgIpc) is 3.39. The van der Waals surface area contributed by atoms with Crippen LogP contribution in [0.5, 0.6) is 11.5 Å². The van der Waals surface area contributed by atoms with Crippen LogP contribution in [0.4, 0.5) is 16.2 Å². The molecule has 7 heteroatoms. The Labute approximate surface area is 199 Å². The van der Waals surface area contributed by atoms with Crippen molar-refractivity contribution in [3.05, 3.63) is 84.4 Å². The first-order valence-electron chi connectivity index (χ1n) is 11.7. The van der Waals surface area contributed by atoms with Crippen LogP contribution in [0.15, 0.2) is 78.9 Å². The lowest BCUT2D eigenvalue weighted by Gasteiger charge is -2.23. The van der Waals surface area contributed by atoms with Crippen molar-refractivity contribution in [2.24, 2.45) is 0 Å². The maximum absolute atomic E-state index is 12.6. The summed E-state index contributed by atoms with van der Waals surface area (Å²) < 4.78 is 5.76. The number of hydrogen-bond acceptors (Lipinski definition) is 4. The van der Waals surface area contributed by atoms with Gasteiger partial charge in [-0.25, -0.2) is 4.79 Å². The number of ether oxygens (including phenoxy) is 1. The van der Waals surface area contributed by atoms with Crippen LogP contribution in [-0.2, 0) is 0 Å². The third-order valence-electron chi connectivity index (χ3n) is 5.84. The lowest BCUT2D eigenvalue weighted by atomic mass is 10.0. The fourth-order valence-corrected chi connectivity index (χ4v) is 4.02. The maximum Gasteiger partial charge on any atom is 0.323 e. The third-order valence-corrected chi connectivity index (χ3v) is 5.84. The molecule has 3 amide bonds. The molecule has 1 fully saturated rings. The van der Waals surface area contributed by atoms with Crippen LogP contribution >= 0.6 is 0 Å². The van der Waals surface area contributed by atoms with Gasteiger partial charge in [0.15, 0.2) is 0 Å². The highest BCUT2D eigenvalue weighted by molar-refractivity contribution is 6.00. The van der Waals surface area contributed by atoms with Crippen LogP contribution < -0.4 is 26.0 Å². The maximum atomic E-state index is 12.6. The van der Waals surface area contributed by atoms with Crippen LogP contribution in [0, 0.1) is 0 Å². The van der Waals surface area contributed by atoms with Crippen LogP contribution in [0.1, 0.15) is 36.5 Å². The lowest BCUT2D eigenvalue weighted by Crippen LogP contribution is -2.47. The molecule has 0 radical (unpaired) electrons. The standard InChI is InChI=1S/C27H30N4O3/c1-2-24(25-9-6-18-28-25)31-26(32)19-10-12-20(13-11-19)29-27(33)30-21-14-16-23(17-15-21)34-22-7-4-3-5-8-22/h3-5,7-8,10-17,24-25,28H,2,6,9,18H2,1H3,(H,31,32)(H2,29,30,33). The minimum atomic E-state index is -0.368. The van der Waals surface area contributed by atoms with Gasteiger partial charge in [-0.1, -0.05) is 25.1 Å². The molecule has 3 aromatic rings. The number of carbonyl (C=O) groups excluding carboxylic acids is 2. The van der Waals surface area contributed by atoms with Gasteiger partial charge in [0.05, 0.1) is 0 Å². The van der Waals surface area contributed by atoms with E-state index in [9.17, 15) is 9.59 Å². The van der Waals surface area contributed by atoms with Crippen LogP contribution in [0.25, 0.3) is 0 Å². The first kappa shape index (κ1) is 23.3. The second-order valence-electron chi connectivity index (χ2n) is 8.29. The van der Waals surface area contributed by atoms with E-state index in [2.05, 4.69) is 28.2 Å². The Kier molecular flexibility index (Phi) is 7.78. The number of carbonyl (C=O) groups is 2. The summed E-state index contributed by atoms with van der Waals surface area (Å²) in [6, 6.07) is 23.6. The summed E-state index contributed by atoms with van der Waals surface area (Å²) in [5.41, 5.74) is 1.80. The Balaban J connectivity index is 1.27. The van der Waals surface area contributed by atoms with Gasteiger partial charge in [0.1, 0.15) is 11.5 Å². The highest BCUT2D eigenvalue weighted by Gasteiger charge is 2.24. The van der Waals surface area contributed by atoms with Crippen molar-refractivity contribution in [3.63, 3.8) is 0 Å². The number of anilines is 2. The second-order valence-corrected chi connectivity index (χ2v) is 8.29. The topological polar surface area (TPSA) is 91.5 Å². The van der Waals surface area contributed by atoms with E-state index in [-0.39, 0.29) is 18.0 Å². The van der Waals surface area contributed by atoms with E-state index in [0.717, 1.165) is 31.6 Å². The molecule has 4 rings (SSSR count). The molecule has 1 aliphatic heterocycles. The largest absolute Gasteiger partial charge is 0.457 e. The fourth-order valence-electron chi connectivity index (χ4n) is 4.02. The minimum Gasteiger partial charge on any atom is -0.457 e. The number of urea groups is 1. The summed E-state index contributed by atoms with van der Waals surface area (Å²) >= 11 is 0. The van der Waals surface area contributed by atoms with Crippen LogP contribution in [0.2, 0.25) is 0 Å². The molecular formula is C27H30N4O3. The Bertz CT molecular complexity index is 1080. The number of rotatable bonds is 8. The van der Waals surface area contributed by atoms with Gasteiger partial charge in [-0.05, 0) is 86.5 Å². The molecule has 0 aliphatic carbocycles. The predicted molar refractivity (Wildman–Crippen MR) is 135 cm³/mol. The first-order valence-corrected chi connectivity index (χ1v) is 11.7. The molecule has 7 nitrogen and oxygen atoms in total. The summed E-state index contributed by atoms with van der Waals surface area (Å²) in [4.78, 5) is 25.0. The van der Waals surface area contributed by atoms with Crippen molar-refractivity contribution in [2.75, 3.05) is 17.2 Å². The number of para-hydroxylation sites is 1. The van der Waals surface area contributed by atoms with Crippen molar-refractivity contribution in [1.82, 2.24) is 10.6 Å². The zero-order chi connectivity index (χ0) is 23.8. The molecule has 2 atom stereocenters. The van der Waals surface area contributed by atoms with Gasteiger partial charge >= 0.3 is 6.03 Å². The smallest absolute Gasteiger partial charge is 0.323 e. The van der Waals surface area contributed by atoms with Crippen LogP contribution in [0.3, 0.4) is 0 Å². The first-order chi connectivity index (χ1) is 16.6. The van der Waals surface area contributed by atoms with E-state index in [1.165, 1.54) is 0 Å². The van der Waals surface area contributed by atoms with E-state index < -0.39 is 0 Å². The van der Waals surface area contributed by atoms with Gasteiger partial charge < -0.3 is 26.0 Å². The van der Waals surface area contributed by atoms with Gasteiger partial charge in [0, 0.05) is 29.0 Å². The molecule has 2 unspecified atom stereocenters. The zero-order valence-corrected chi connectivity index (χ0v) is 19.2. The Hall–Kier alpha value is -3.84. The zero-order valence-electron chi connectivity index (χ0n) is 19.2. The van der Waals surface area contributed by atoms with Gasteiger partial charge in [-0.15, -0.1) is 0 Å². The van der Waals surface area contributed by atoms with E-state index in [4.69, 9.17) is 4.74 Å². The molecule has 34 heavy (non-hydrogen) atoms. The summed E-state index contributed by atoms with van der Waals surface area (Å²) in [7, 11) is 0. The SMILES string of the molecule is CCC(NC(=O)c1ccc(NC(=O)Nc2ccc(Oc3ccccc3)cc2)cc1)C1CCCN1. The Morgan fingerprint density at radius 3 is 2.12 bits per heavy atom. The summed E-state index contributed by atoms with van der Waals surface area (Å²) in [6.07, 6.45) is 3.10. The Morgan fingerprint density at radius 1 is 0.912 bits per heavy atom. The predicted octanol–water partition coefficient (Wildman–Crippen LogP) is 5.38. The van der Waals surface area contributed by atoms with E-state index in [1.807, 2.05) is 30.3 Å². The Morgan fingerprint density at radius 2 is 1.53 bits per heavy atom. The number of benzene rings is 3. The van der Waals surface area contributed by atoms with Crippen LogP contribution in [-0.4, -0.2) is 30.6 Å². The van der Waals surface area contributed by atoms with E-state index in [1.54, 1.807) is 48.5 Å². The highest BCUT2D eigenvalue weighted by Crippen LogP contribution is 2.23. The van der Waals surface area contributed by atoms with Crippen molar-refractivity contribution >= 4 is 23.3 Å². The van der Waals surface area contributed by atoms with Crippen molar-refractivity contribution < 1.29 is 14.3 Å². The number of hydrogen-bond donors (Lipinski definition) is 4. The van der Waals surface area contributed by atoms with Crippen molar-refractivity contribution in [2.45, 2.75) is 38.3 Å². The normalized spacial score (nSPS) is 15.9. The van der Waals surface area contributed by atoms with E-state index >= 15 is 0 Å². The van der Waals surface area contributed by atoms with E-state index in [0.29, 0.717) is 28.7 Å². The number of nitrogens with one attached hydrogen (secondary N) is 4. The van der Waals surface area contributed by atoms with Crippen molar-refractivity contribution in [3.8, 4) is 11.5 Å². The molecule has 0 bridgehead atoms. The molecule has 0 spiro atoms. The monoisotopic (exact) mass is 458 g/mol. The molecular weight excluding hydrogens is 428 g/mol. The third kappa shape index (κ3) is 6.36. The fraction of sp³-hybridized carbons (Fsp3) is 0.259. The number of amides is 3. The van der Waals surface area contributed by atoms with Gasteiger partial charge in [-0.2, -0.15) is 0 Å². The summed E-state index contributed by atoms with van der Waals surface area (Å²) in [5, 5.41) is 12.2. The molecule has 1 saturated heterocycles. The molecule has 0 saturated carbocycles. The lowest BCUT2D eigenvalue weighted by molar-refractivity contribution is 0.0927. The van der Waals surface area contributed by atoms with Crippen molar-refractivity contribution in [1.29, 1.82) is 0 Å². The molecule has 3 aromatic carbocycles. The summed E-state index contributed by atoms with van der Waals surface area (Å²) in [6.45, 7) is 3.09. The summed E-state index contributed by atoms with van der Waals surface area (Å²) in [5.74, 6) is 1.33. The van der Waals surface area contributed by atoms with Gasteiger partial charge in [0.25, 0.3) is 5.91 Å². The molecule has 4 N–H and O–H groups in total. The minimum absolute atomic E-state index is 0.102. The van der Waals surface area contributed by atoms with Gasteiger partial charge in [0.2, 0.25) is 0 Å².